The Bertz CT molecular complexity index is 338. The Hall–Kier alpha value is -1.42. The van der Waals surface area contributed by atoms with Crippen molar-refractivity contribution in [3.05, 3.63) is 23.9 Å². The van der Waals surface area contributed by atoms with Crippen molar-refractivity contribution in [1.29, 1.82) is 0 Å². The SMILES string of the molecule is Cc1cccnc1N1OCCC1=O. The molecule has 0 atom stereocenters. The molecule has 0 aliphatic carbocycles. The van der Waals surface area contributed by atoms with Gasteiger partial charge in [-0.1, -0.05) is 6.07 Å². The molecule has 0 aromatic carbocycles. The average molecular weight is 178 g/mol. The van der Waals surface area contributed by atoms with Gasteiger partial charge in [-0.2, -0.15) is 5.06 Å². The Morgan fingerprint density at radius 2 is 2.46 bits per heavy atom. The Balaban J connectivity index is 2.34. The minimum absolute atomic E-state index is 0.0261. The van der Waals surface area contributed by atoms with Crippen LogP contribution in [0.25, 0.3) is 0 Å². The first-order valence-electron chi connectivity index (χ1n) is 4.16. The lowest BCUT2D eigenvalue weighted by Crippen LogP contribution is -2.24. The van der Waals surface area contributed by atoms with Gasteiger partial charge in [0.1, 0.15) is 0 Å². The quantitative estimate of drug-likeness (QED) is 0.645. The second-order valence-electron chi connectivity index (χ2n) is 2.92. The molecule has 0 N–H and O–H groups in total. The van der Waals surface area contributed by atoms with Crippen LogP contribution in [-0.4, -0.2) is 17.5 Å². The number of hydroxylamine groups is 1. The molecule has 1 aromatic heterocycles. The van der Waals surface area contributed by atoms with Gasteiger partial charge in [-0.05, 0) is 18.6 Å². The first-order valence-corrected chi connectivity index (χ1v) is 4.16. The molecule has 0 bridgehead atoms. The first-order chi connectivity index (χ1) is 6.29. The summed E-state index contributed by atoms with van der Waals surface area (Å²) in [6.45, 7) is 2.35. The van der Waals surface area contributed by atoms with Crippen LogP contribution in [0.4, 0.5) is 5.82 Å². The minimum atomic E-state index is -0.0261. The van der Waals surface area contributed by atoms with Gasteiger partial charge in [0.15, 0.2) is 5.82 Å². The van der Waals surface area contributed by atoms with Crippen molar-refractivity contribution >= 4 is 11.7 Å². The van der Waals surface area contributed by atoms with Crippen molar-refractivity contribution in [3.63, 3.8) is 0 Å². The lowest BCUT2D eigenvalue weighted by atomic mass is 10.3. The number of aromatic nitrogens is 1. The summed E-state index contributed by atoms with van der Waals surface area (Å²) in [5, 5.41) is 1.27. The van der Waals surface area contributed by atoms with Crippen LogP contribution in [0.1, 0.15) is 12.0 Å². The summed E-state index contributed by atoms with van der Waals surface area (Å²) in [5.74, 6) is 0.576. The zero-order valence-electron chi connectivity index (χ0n) is 7.36. The van der Waals surface area contributed by atoms with Crippen LogP contribution >= 0.6 is 0 Å². The molecular formula is C9H10N2O2. The van der Waals surface area contributed by atoms with Gasteiger partial charge >= 0.3 is 0 Å². The second-order valence-corrected chi connectivity index (χ2v) is 2.92. The molecule has 1 saturated heterocycles. The molecule has 4 nitrogen and oxygen atoms in total. The van der Waals surface area contributed by atoms with Crippen LogP contribution in [-0.2, 0) is 9.63 Å². The number of amides is 1. The van der Waals surface area contributed by atoms with Crippen molar-refractivity contribution in [2.45, 2.75) is 13.3 Å². The van der Waals surface area contributed by atoms with Crippen molar-refractivity contribution in [1.82, 2.24) is 4.98 Å². The molecule has 1 aromatic rings. The summed E-state index contributed by atoms with van der Waals surface area (Å²) in [7, 11) is 0. The van der Waals surface area contributed by atoms with Crippen LogP contribution in [0.3, 0.4) is 0 Å². The number of rotatable bonds is 1. The van der Waals surface area contributed by atoms with E-state index in [4.69, 9.17) is 4.84 Å². The molecule has 0 spiro atoms. The van der Waals surface area contributed by atoms with E-state index in [-0.39, 0.29) is 5.91 Å². The third-order valence-electron chi connectivity index (χ3n) is 1.94. The Labute approximate surface area is 76.1 Å². The van der Waals surface area contributed by atoms with E-state index < -0.39 is 0 Å². The topological polar surface area (TPSA) is 42.4 Å². The van der Waals surface area contributed by atoms with Gasteiger partial charge in [0.25, 0.3) is 5.91 Å². The van der Waals surface area contributed by atoms with E-state index in [2.05, 4.69) is 4.98 Å². The van der Waals surface area contributed by atoms with Gasteiger partial charge in [-0.3, -0.25) is 9.63 Å². The smallest absolute Gasteiger partial charge is 0.254 e. The monoisotopic (exact) mass is 178 g/mol. The Morgan fingerprint density at radius 1 is 1.62 bits per heavy atom. The molecule has 13 heavy (non-hydrogen) atoms. The highest BCUT2D eigenvalue weighted by Gasteiger charge is 2.25. The zero-order valence-corrected chi connectivity index (χ0v) is 7.36. The third-order valence-corrected chi connectivity index (χ3v) is 1.94. The van der Waals surface area contributed by atoms with E-state index in [1.165, 1.54) is 5.06 Å². The van der Waals surface area contributed by atoms with E-state index in [1.807, 2.05) is 19.1 Å². The Kier molecular flexibility index (Phi) is 1.98. The highest BCUT2D eigenvalue weighted by atomic mass is 16.7. The van der Waals surface area contributed by atoms with Crippen LogP contribution < -0.4 is 5.06 Å². The summed E-state index contributed by atoms with van der Waals surface area (Å²) < 4.78 is 0. The highest BCUT2D eigenvalue weighted by molar-refractivity contribution is 5.92. The van der Waals surface area contributed by atoms with Crippen LogP contribution in [0, 0.1) is 6.92 Å². The number of hydrogen-bond donors (Lipinski definition) is 0. The summed E-state index contributed by atoms with van der Waals surface area (Å²) in [4.78, 5) is 20.5. The molecule has 0 saturated carbocycles. The van der Waals surface area contributed by atoms with Gasteiger partial charge in [-0.25, -0.2) is 4.98 Å². The van der Waals surface area contributed by atoms with Gasteiger partial charge in [0, 0.05) is 6.20 Å². The molecule has 4 heteroatoms. The molecule has 0 unspecified atom stereocenters. The average Bonchev–Trinajstić information content (AvgIpc) is 2.52. The van der Waals surface area contributed by atoms with Crippen molar-refractivity contribution in [2.24, 2.45) is 0 Å². The molecule has 0 radical (unpaired) electrons. The van der Waals surface area contributed by atoms with Crippen LogP contribution in [0.5, 0.6) is 0 Å². The highest BCUT2D eigenvalue weighted by Crippen LogP contribution is 2.20. The lowest BCUT2D eigenvalue weighted by Gasteiger charge is -2.14. The lowest BCUT2D eigenvalue weighted by molar-refractivity contribution is -0.119. The van der Waals surface area contributed by atoms with Crippen LogP contribution in [0.2, 0.25) is 0 Å². The standard InChI is InChI=1S/C9H10N2O2/c1-7-3-2-5-10-9(7)11-8(12)4-6-13-11/h2-3,5H,4,6H2,1H3. The normalized spacial score (nSPS) is 16.7. The molecule has 1 aliphatic rings. The van der Waals surface area contributed by atoms with Gasteiger partial charge in [0.2, 0.25) is 0 Å². The number of anilines is 1. The number of carbonyl (C=O) groups is 1. The second kappa shape index (κ2) is 3.14. The summed E-state index contributed by atoms with van der Waals surface area (Å²) >= 11 is 0. The van der Waals surface area contributed by atoms with E-state index in [0.717, 1.165) is 5.56 Å². The predicted molar refractivity (Wildman–Crippen MR) is 47.0 cm³/mol. The summed E-state index contributed by atoms with van der Waals surface area (Å²) in [6, 6.07) is 3.73. The molecule has 2 heterocycles. The molecule has 2 rings (SSSR count). The van der Waals surface area contributed by atoms with E-state index in [0.29, 0.717) is 18.8 Å². The predicted octanol–water partition coefficient (Wildman–Crippen LogP) is 1.06. The fourth-order valence-electron chi connectivity index (χ4n) is 1.27. The summed E-state index contributed by atoms with van der Waals surface area (Å²) in [5.41, 5.74) is 0.942. The zero-order chi connectivity index (χ0) is 9.26. The maximum Gasteiger partial charge on any atom is 0.254 e. The number of nitrogens with zero attached hydrogens (tertiary/aromatic N) is 2. The number of aryl methyl sites for hydroxylation is 1. The summed E-state index contributed by atoms with van der Waals surface area (Å²) in [6.07, 6.45) is 2.09. The van der Waals surface area contributed by atoms with Gasteiger partial charge in [-0.15, -0.1) is 0 Å². The van der Waals surface area contributed by atoms with E-state index in [9.17, 15) is 4.79 Å². The van der Waals surface area contributed by atoms with Crippen molar-refractivity contribution in [2.75, 3.05) is 11.7 Å². The van der Waals surface area contributed by atoms with Gasteiger partial charge in [0.05, 0.1) is 13.0 Å². The molecule has 1 aliphatic heterocycles. The molecular weight excluding hydrogens is 168 g/mol. The molecule has 68 valence electrons. The number of pyridine rings is 1. The maximum absolute atomic E-state index is 11.3. The van der Waals surface area contributed by atoms with Crippen LogP contribution in [0.15, 0.2) is 18.3 Å². The maximum atomic E-state index is 11.3. The fraction of sp³-hybridized carbons (Fsp3) is 0.333. The fourth-order valence-corrected chi connectivity index (χ4v) is 1.27. The first kappa shape index (κ1) is 8.19. The Morgan fingerprint density at radius 3 is 3.08 bits per heavy atom. The van der Waals surface area contributed by atoms with Gasteiger partial charge < -0.3 is 0 Å². The minimum Gasteiger partial charge on any atom is -0.272 e. The van der Waals surface area contributed by atoms with E-state index in [1.54, 1.807) is 6.20 Å². The number of carbonyl (C=O) groups excluding carboxylic acids is 1. The number of hydrogen-bond acceptors (Lipinski definition) is 3. The van der Waals surface area contributed by atoms with Crippen molar-refractivity contribution in [3.8, 4) is 0 Å². The van der Waals surface area contributed by atoms with Crippen molar-refractivity contribution < 1.29 is 9.63 Å². The molecule has 1 amide bonds. The largest absolute Gasteiger partial charge is 0.272 e. The molecule has 1 fully saturated rings. The third kappa shape index (κ3) is 1.40. The van der Waals surface area contributed by atoms with E-state index >= 15 is 0 Å².